The Hall–Kier alpha value is -0.810. The van der Waals surface area contributed by atoms with Gasteiger partial charge in [-0.1, -0.05) is 60.7 Å². The maximum Gasteiger partial charge on any atom is 0.0794 e. The average molecular weight is 294 g/mol. The number of unbranched alkanes of at least 4 members (excludes halogenated alkanes) is 3. The first kappa shape index (κ1) is 14.3. The van der Waals surface area contributed by atoms with E-state index in [4.69, 9.17) is 0 Å². The van der Waals surface area contributed by atoms with Gasteiger partial charge in [-0.3, -0.25) is 0 Å². The fraction of sp³-hybridized carbons (Fsp3) is 0.533. The predicted molar refractivity (Wildman–Crippen MR) is 75.9 cm³/mol. The second-order valence-electron chi connectivity index (χ2n) is 4.76. The van der Waals surface area contributed by atoms with Crippen LogP contribution in [0.2, 0.25) is 0 Å². The molecule has 1 nitrogen and oxygen atoms in total. The van der Waals surface area contributed by atoms with E-state index in [1.807, 2.05) is 31.2 Å². The number of hydrogen-bond donors (Lipinski definition) is 0. The first-order chi connectivity index (χ1) is 8.12. The summed E-state index contributed by atoms with van der Waals surface area (Å²) in [6.45, 7) is 4.25. The molecular formula is C15H20BrN. The van der Waals surface area contributed by atoms with Gasteiger partial charge in [-0.05, 0) is 31.0 Å². The van der Waals surface area contributed by atoms with Gasteiger partial charge in [-0.25, -0.2) is 0 Å². The second-order valence-corrected chi connectivity index (χ2v) is 5.68. The lowest BCUT2D eigenvalue weighted by Crippen LogP contribution is -2.19. The largest absolute Gasteiger partial charge is 0.197 e. The van der Waals surface area contributed by atoms with E-state index in [-0.39, 0.29) is 5.41 Å². The molecule has 0 radical (unpaired) electrons. The van der Waals surface area contributed by atoms with Crippen LogP contribution in [0.25, 0.3) is 0 Å². The zero-order chi connectivity index (χ0) is 12.7. The molecule has 0 bridgehead atoms. The summed E-state index contributed by atoms with van der Waals surface area (Å²) >= 11 is 3.42. The lowest BCUT2D eigenvalue weighted by molar-refractivity contribution is 0.502. The van der Waals surface area contributed by atoms with Gasteiger partial charge in [0.25, 0.3) is 0 Å². The van der Waals surface area contributed by atoms with Crippen molar-refractivity contribution in [2.75, 3.05) is 0 Å². The monoisotopic (exact) mass is 293 g/mol. The summed E-state index contributed by atoms with van der Waals surface area (Å²) in [5.41, 5.74) is 0.786. The summed E-state index contributed by atoms with van der Waals surface area (Å²) in [5.74, 6) is 0. The summed E-state index contributed by atoms with van der Waals surface area (Å²) in [4.78, 5) is 0. The van der Waals surface area contributed by atoms with Crippen LogP contribution in [0.15, 0.2) is 28.7 Å². The first-order valence-electron chi connectivity index (χ1n) is 6.29. The van der Waals surface area contributed by atoms with Crippen molar-refractivity contribution in [2.24, 2.45) is 0 Å². The topological polar surface area (TPSA) is 23.8 Å². The van der Waals surface area contributed by atoms with E-state index >= 15 is 0 Å². The highest BCUT2D eigenvalue weighted by Gasteiger charge is 2.25. The fourth-order valence-electron chi connectivity index (χ4n) is 1.99. The van der Waals surface area contributed by atoms with Gasteiger partial charge in [0.15, 0.2) is 0 Å². The van der Waals surface area contributed by atoms with E-state index in [2.05, 4.69) is 28.9 Å². The maximum atomic E-state index is 9.40. The van der Waals surface area contributed by atoms with E-state index in [0.29, 0.717) is 0 Å². The smallest absolute Gasteiger partial charge is 0.0794 e. The van der Waals surface area contributed by atoms with Crippen LogP contribution in [0.4, 0.5) is 0 Å². The summed E-state index contributed by atoms with van der Waals surface area (Å²) < 4.78 is 1.06. The molecule has 0 heterocycles. The predicted octanol–water partition coefficient (Wildman–Crippen LogP) is 5.20. The number of nitrogens with zero attached hydrogens (tertiary/aromatic N) is 1. The molecule has 0 aliphatic carbocycles. The van der Waals surface area contributed by atoms with Gasteiger partial charge >= 0.3 is 0 Å². The van der Waals surface area contributed by atoms with Gasteiger partial charge < -0.3 is 0 Å². The molecular weight excluding hydrogens is 274 g/mol. The molecule has 0 aromatic heterocycles. The normalized spacial score (nSPS) is 14.0. The molecule has 0 saturated heterocycles. The Morgan fingerprint density at radius 2 is 1.82 bits per heavy atom. The van der Waals surface area contributed by atoms with E-state index in [1.54, 1.807) is 0 Å². The highest BCUT2D eigenvalue weighted by Crippen LogP contribution is 2.30. The van der Waals surface area contributed by atoms with Gasteiger partial charge in [0.1, 0.15) is 0 Å². The average Bonchev–Trinajstić information content (AvgIpc) is 2.35. The Morgan fingerprint density at radius 1 is 1.18 bits per heavy atom. The highest BCUT2D eigenvalue weighted by molar-refractivity contribution is 9.10. The number of hydrogen-bond acceptors (Lipinski definition) is 1. The Kier molecular flexibility index (Phi) is 5.71. The van der Waals surface area contributed by atoms with Crippen molar-refractivity contribution in [1.82, 2.24) is 0 Å². The van der Waals surface area contributed by atoms with Crippen LogP contribution in [0.5, 0.6) is 0 Å². The molecule has 0 saturated carbocycles. The number of benzene rings is 1. The number of nitriles is 1. The van der Waals surface area contributed by atoms with E-state index in [0.717, 1.165) is 22.9 Å². The number of rotatable bonds is 6. The molecule has 0 fully saturated rings. The molecule has 1 unspecified atom stereocenters. The molecule has 0 N–H and O–H groups in total. The van der Waals surface area contributed by atoms with Gasteiger partial charge in [-0.15, -0.1) is 0 Å². The minimum atomic E-state index is -0.339. The van der Waals surface area contributed by atoms with Gasteiger partial charge in [0.2, 0.25) is 0 Å². The SMILES string of the molecule is CCCCCCC(C)(C#N)c1ccc(Br)cc1. The lowest BCUT2D eigenvalue weighted by Gasteiger charge is -2.22. The molecule has 17 heavy (non-hydrogen) atoms. The van der Waals surface area contributed by atoms with Crippen molar-refractivity contribution in [1.29, 1.82) is 5.26 Å². The molecule has 1 aromatic carbocycles. The van der Waals surface area contributed by atoms with Crippen molar-refractivity contribution < 1.29 is 0 Å². The summed E-state index contributed by atoms with van der Waals surface area (Å²) in [5, 5.41) is 9.40. The van der Waals surface area contributed by atoms with Crippen molar-refractivity contribution in [3.05, 3.63) is 34.3 Å². The molecule has 1 aromatic rings. The summed E-state index contributed by atoms with van der Waals surface area (Å²) in [6.07, 6.45) is 5.81. The van der Waals surface area contributed by atoms with Gasteiger partial charge in [0.05, 0.1) is 11.5 Å². The van der Waals surface area contributed by atoms with Crippen LogP contribution in [0.3, 0.4) is 0 Å². The Balaban J connectivity index is 2.68. The van der Waals surface area contributed by atoms with E-state index < -0.39 is 0 Å². The Morgan fingerprint density at radius 3 is 2.35 bits per heavy atom. The highest BCUT2D eigenvalue weighted by atomic mass is 79.9. The van der Waals surface area contributed by atoms with Crippen molar-refractivity contribution in [3.63, 3.8) is 0 Å². The maximum absolute atomic E-state index is 9.40. The molecule has 1 rings (SSSR count). The Labute approximate surface area is 113 Å². The molecule has 92 valence electrons. The quantitative estimate of drug-likeness (QED) is 0.661. The molecule has 2 heteroatoms. The third-order valence-electron chi connectivity index (χ3n) is 3.26. The zero-order valence-electron chi connectivity index (χ0n) is 10.7. The third-order valence-corrected chi connectivity index (χ3v) is 3.79. The summed E-state index contributed by atoms with van der Waals surface area (Å²) in [6, 6.07) is 10.6. The number of halogens is 1. The van der Waals surface area contributed by atoms with Crippen molar-refractivity contribution in [3.8, 4) is 6.07 Å². The van der Waals surface area contributed by atoms with Gasteiger partial charge in [-0.2, -0.15) is 5.26 Å². The molecule has 0 spiro atoms. The first-order valence-corrected chi connectivity index (χ1v) is 7.09. The minimum Gasteiger partial charge on any atom is -0.197 e. The van der Waals surface area contributed by atoms with Crippen molar-refractivity contribution in [2.45, 2.75) is 51.4 Å². The zero-order valence-corrected chi connectivity index (χ0v) is 12.3. The standard InChI is InChI=1S/C15H20BrN/c1-3-4-5-6-11-15(2,12-17)13-7-9-14(16)10-8-13/h7-10H,3-6,11H2,1-2H3. The van der Waals surface area contributed by atoms with Crippen LogP contribution in [-0.2, 0) is 5.41 Å². The van der Waals surface area contributed by atoms with Crippen molar-refractivity contribution >= 4 is 15.9 Å². The van der Waals surface area contributed by atoms with Crippen LogP contribution in [0.1, 0.15) is 51.5 Å². The Bertz CT molecular complexity index is 377. The van der Waals surface area contributed by atoms with E-state index in [9.17, 15) is 5.26 Å². The van der Waals surface area contributed by atoms with E-state index in [1.165, 1.54) is 19.3 Å². The fourth-order valence-corrected chi connectivity index (χ4v) is 2.25. The molecule has 0 aliphatic heterocycles. The lowest BCUT2D eigenvalue weighted by atomic mass is 9.79. The third kappa shape index (κ3) is 4.16. The minimum absolute atomic E-state index is 0.339. The second kappa shape index (κ2) is 6.81. The van der Waals surface area contributed by atoms with Crippen LogP contribution in [-0.4, -0.2) is 0 Å². The van der Waals surface area contributed by atoms with Crippen LogP contribution in [0, 0.1) is 11.3 Å². The van der Waals surface area contributed by atoms with Crippen LogP contribution < -0.4 is 0 Å². The molecule has 0 amide bonds. The molecule has 0 aliphatic rings. The summed E-state index contributed by atoms with van der Waals surface area (Å²) in [7, 11) is 0. The van der Waals surface area contributed by atoms with Crippen LogP contribution >= 0.6 is 15.9 Å². The molecule has 1 atom stereocenters. The van der Waals surface area contributed by atoms with Gasteiger partial charge in [0, 0.05) is 4.47 Å².